The Hall–Kier alpha value is -0.780. The van der Waals surface area contributed by atoms with E-state index < -0.39 is 0 Å². The minimum Gasteiger partial charge on any atom is -0.347 e. The van der Waals surface area contributed by atoms with Gasteiger partial charge in [-0.3, -0.25) is 4.79 Å². The fraction of sp³-hybridized carbons (Fsp3) is 0.182. The van der Waals surface area contributed by atoms with Gasteiger partial charge in [-0.1, -0.05) is 0 Å². The fourth-order valence-corrected chi connectivity index (χ4v) is 3.20. The number of aryl methyl sites for hydroxylation is 1. The van der Waals surface area contributed by atoms with Crippen LogP contribution in [0, 0.1) is 6.92 Å². The van der Waals surface area contributed by atoms with Gasteiger partial charge in [0.25, 0.3) is 5.91 Å². The van der Waals surface area contributed by atoms with Gasteiger partial charge >= 0.3 is 0 Å². The van der Waals surface area contributed by atoms with Crippen molar-refractivity contribution >= 4 is 41.2 Å². The monoisotopic (exact) mass is 269 g/mol. The molecule has 84 valence electrons. The molecule has 0 radical (unpaired) electrons. The number of rotatable bonds is 3. The van der Waals surface area contributed by atoms with Crippen molar-refractivity contribution < 1.29 is 4.79 Å². The third kappa shape index (κ3) is 2.66. The SMILES string of the molecule is Cc1cscc1CNC(=O)c1cc(S)cs1. The molecule has 0 spiro atoms. The Bertz CT molecular complexity index is 501. The van der Waals surface area contributed by atoms with Crippen LogP contribution in [0.3, 0.4) is 0 Å². The van der Waals surface area contributed by atoms with E-state index >= 15 is 0 Å². The molecule has 0 aromatic carbocycles. The number of carbonyl (C=O) groups excluding carboxylic acids is 1. The molecule has 2 aromatic heterocycles. The van der Waals surface area contributed by atoms with Crippen LogP contribution < -0.4 is 5.32 Å². The summed E-state index contributed by atoms with van der Waals surface area (Å²) in [5.74, 6) is -0.0316. The molecule has 0 fully saturated rings. The molecular formula is C11H11NOS3. The Kier molecular flexibility index (Phi) is 3.68. The maximum absolute atomic E-state index is 11.7. The zero-order valence-corrected chi connectivity index (χ0v) is 11.2. The molecule has 5 heteroatoms. The van der Waals surface area contributed by atoms with Crippen molar-refractivity contribution in [3.8, 4) is 0 Å². The number of nitrogens with one attached hydrogen (secondary N) is 1. The Morgan fingerprint density at radius 3 is 2.81 bits per heavy atom. The Morgan fingerprint density at radius 2 is 2.25 bits per heavy atom. The molecule has 0 atom stereocenters. The van der Waals surface area contributed by atoms with Crippen molar-refractivity contribution in [3.05, 3.63) is 38.2 Å². The van der Waals surface area contributed by atoms with Gasteiger partial charge in [0.1, 0.15) is 0 Å². The van der Waals surface area contributed by atoms with Gasteiger partial charge in [0.15, 0.2) is 0 Å². The first-order valence-corrected chi connectivity index (χ1v) is 7.01. The number of thiophene rings is 2. The Balaban J connectivity index is 1.96. The standard InChI is InChI=1S/C11H11NOS3/c1-7-4-15-5-8(7)3-12-11(13)10-2-9(14)6-16-10/h2,4-6,14H,3H2,1H3,(H,12,13). The Morgan fingerprint density at radius 1 is 1.44 bits per heavy atom. The average Bonchev–Trinajstić information content (AvgIpc) is 2.84. The summed E-state index contributed by atoms with van der Waals surface area (Å²) in [5.41, 5.74) is 2.41. The highest BCUT2D eigenvalue weighted by Gasteiger charge is 2.08. The number of hydrogen-bond donors (Lipinski definition) is 2. The van der Waals surface area contributed by atoms with Crippen LogP contribution in [0.5, 0.6) is 0 Å². The smallest absolute Gasteiger partial charge is 0.261 e. The van der Waals surface area contributed by atoms with Crippen molar-refractivity contribution in [2.45, 2.75) is 18.4 Å². The van der Waals surface area contributed by atoms with Crippen molar-refractivity contribution in [2.24, 2.45) is 0 Å². The quantitative estimate of drug-likeness (QED) is 0.822. The highest BCUT2D eigenvalue weighted by Crippen LogP contribution is 2.18. The topological polar surface area (TPSA) is 29.1 Å². The third-order valence-electron chi connectivity index (χ3n) is 2.21. The van der Waals surface area contributed by atoms with Crippen LogP contribution in [0.2, 0.25) is 0 Å². The lowest BCUT2D eigenvalue weighted by molar-refractivity contribution is 0.0955. The molecule has 0 saturated carbocycles. The van der Waals surface area contributed by atoms with Crippen molar-refractivity contribution in [1.29, 1.82) is 0 Å². The number of amides is 1. The highest BCUT2D eigenvalue weighted by molar-refractivity contribution is 7.80. The van der Waals surface area contributed by atoms with Gasteiger partial charge in [-0.2, -0.15) is 11.3 Å². The summed E-state index contributed by atoms with van der Waals surface area (Å²) in [7, 11) is 0. The van der Waals surface area contributed by atoms with Crippen LogP contribution in [-0.4, -0.2) is 5.91 Å². The molecule has 2 rings (SSSR count). The van der Waals surface area contributed by atoms with E-state index in [-0.39, 0.29) is 5.91 Å². The van der Waals surface area contributed by atoms with Gasteiger partial charge in [-0.15, -0.1) is 24.0 Å². The van der Waals surface area contributed by atoms with Gasteiger partial charge in [-0.25, -0.2) is 0 Å². The number of thiol groups is 1. The summed E-state index contributed by atoms with van der Waals surface area (Å²) in [5, 5.41) is 8.90. The zero-order valence-electron chi connectivity index (χ0n) is 8.69. The second-order valence-corrected chi connectivity index (χ2v) is 5.60. The zero-order chi connectivity index (χ0) is 11.5. The van der Waals surface area contributed by atoms with Crippen LogP contribution in [-0.2, 0) is 6.54 Å². The predicted octanol–water partition coefficient (Wildman–Crippen LogP) is 3.34. The minimum atomic E-state index is -0.0316. The van der Waals surface area contributed by atoms with E-state index in [4.69, 9.17) is 0 Å². The molecular weight excluding hydrogens is 258 g/mol. The maximum Gasteiger partial charge on any atom is 0.261 e. The maximum atomic E-state index is 11.7. The van der Waals surface area contributed by atoms with E-state index in [1.54, 1.807) is 17.4 Å². The molecule has 2 heterocycles. The normalized spacial score (nSPS) is 10.4. The van der Waals surface area contributed by atoms with Crippen LogP contribution in [0.4, 0.5) is 0 Å². The van der Waals surface area contributed by atoms with Crippen molar-refractivity contribution in [2.75, 3.05) is 0 Å². The molecule has 16 heavy (non-hydrogen) atoms. The molecule has 2 nitrogen and oxygen atoms in total. The van der Waals surface area contributed by atoms with E-state index in [0.29, 0.717) is 11.4 Å². The largest absolute Gasteiger partial charge is 0.347 e. The summed E-state index contributed by atoms with van der Waals surface area (Å²) < 4.78 is 0. The second-order valence-electron chi connectivity index (χ2n) is 3.43. The molecule has 0 aliphatic rings. The van der Waals surface area contributed by atoms with Crippen LogP contribution in [0.25, 0.3) is 0 Å². The van der Waals surface area contributed by atoms with Crippen molar-refractivity contribution in [1.82, 2.24) is 5.32 Å². The summed E-state index contributed by atoms with van der Waals surface area (Å²) in [6.07, 6.45) is 0. The molecule has 2 aromatic rings. The third-order valence-corrected chi connectivity index (χ3v) is 4.48. The summed E-state index contributed by atoms with van der Waals surface area (Å²) in [4.78, 5) is 13.3. The molecule has 1 amide bonds. The summed E-state index contributed by atoms with van der Waals surface area (Å²) in [6, 6.07) is 1.78. The summed E-state index contributed by atoms with van der Waals surface area (Å²) >= 11 is 7.25. The van der Waals surface area contributed by atoms with Crippen LogP contribution in [0.1, 0.15) is 20.8 Å². The first kappa shape index (κ1) is 11.7. The fourth-order valence-electron chi connectivity index (χ4n) is 1.28. The van der Waals surface area contributed by atoms with Gasteiger partial charge in [0, 0.05) is 16.8 Å². The second kappa shape index (κ2) is 5.03. The first-order valence-electron chi connectivity index (χ1n) is 4.74. The molecule has 0 saturated heterocycles. The molecule has 0 bridgehead atoms. The van der Waals surface area contributed by atoms with E-state index in [0.717, 1.165) is 4.90 Å². The van der Waals surface area contributed by atoms with Crippen LogP contribution in [0.15, 0.2) is 27.1 Å². The van der Waals surface area contributed by atoms with Gasteiger partial charge in [0.05, 0.1) is 4.88 Å². The molecule has 0 aliphatic carbocycles. The molecule has 1 N–H and O–H groups in total. The van der Waals surface area contributed by atoms with Crippen molar-refractivity contribution in [3.63, 3.8) is 0 Å². The average molecular weight is 269 g/mol. The minimum absolute atomic E-state index is 0.0316. The van der Waals surface area contributed by atoms with E-state index in [1.165, 1.54) is 22.5 Å². The lowest BCUT2D eigenvalue weighted by atomic mass is 10.2. The lowest BCUT2D eigenvalue weighted by Gasteiger charge is -2.02. The van der Waals surface area contributed by atoms with E-state index in [9.17, 15) is 4.79 Å². The van der Waals surface area contributed by atoms with Gasteiger partial charge in [0.2, 0.25) is 0 Å². The van der Waals surface area contributed by atoms with E-state index in [1.807, 2.05) is 5.38 Å². The molecule has 0 aliphatic heterocycles. The Labute approximate surface area is 108 Å². The van der Waals surface area contributed by atoms with E-state index in [2.05, 4.69) is 35.6 Å². The molecule has 0 unspecified atom stereocenters. The van der Waals surface area contributed by atoms with Gasteiger partial charge in [-0.05, 0) is 34.9 Å². The van der Waals surface area contributed by atoms with Gasteiger partial charge < -0.3 is 5.32 Å². The first-order chi connectivity index (χ1) is 7.66. The highest BCUT2D eigenvalue weighted by atomic mass is 32.1. The predicted molar refractivity (Wildman–Crippen MR) is 71.8 cm³/mol. The van der Waals surface area contributed by atoms with Crippen LogP contribution >= 0.6 is 35.3 Å². The number of hydrogen-bond acceptors (Lipinski definition) is 4. The number of carbonyl (C=O) groups is 1. The lowest BCUT2D eigenvalue weighted by Crippen LogP contribution is -2.21. The summed E-state index contributed by atoms with van der Waals surface area (Å²) in [6.45, 7) is 2.64.